The first-order valence-electron chi connectivity index (χ1n) is 10.0. The topological polar surface area (TPSA) is 78.4 Å². The Hall–Kier alpha value is -2.96. The molecule has 31 heavy (non-hydrogen) atoms. The molecule has 158 valence electrons. The lowest BCUT2D eigenvalue weighted by Crippen LogP contribution is -2.25. The summed E-state index contributed by atoms with van der Waals surface area (Å²) in [5.74, 6) is 0.203. The molecule has 1 amide bonds. The monoisotopic (exact) mass is 456 g/mol. The summed E-state index contributed by atoms with van der Waals surface area (Å²) >= 11 is 12.2. The van der Waals surface area contributed by atoms with E-state index in [1.54, 1.807) is 12.1 Å². The Labute approximate surface area is 187 Å². The molecule has 2 aromatic carbocycles. The van der Waals surface area contributed by atoms with Crippen LogP contribution in [0.4, 0.5) is 5.69 Å². The van der Waals surface area contributed by atoms with Crippen LogP contribution in [-0.2, 0) is 0 Å². The van der Waals surface area contributed by atoms with Crippen molar-refractivity contribution in [2.75, 3.05) is 5.32 Å². The summed E-state index contributed by atoms with van der Waals surface area (Å²) in [7, 11) is 0. The van der Waals surface area contributed by atoms with E-state index in [1.807, 2.05) is 24.3 Å². The van der Waals surface area contributed by atoms with E-state index in [0.717, 1.165) is 43.5 Å². The second-order valence-corrected chi connectivity index (χ2v) is 8.40. The van der Waals surface area contributed by atoms with Crippen LogP contribution < -0.4 is 14.8 Å². The third-order valence-electron chi connectivity index (χ3n) is 5.53. The van der Waals surface area contributed by atoms with Crippen molar-refractivity contribution < 1.29 is 18.7 Å². The molecule has 4 aromatic rings. The normalized spacial score (nSPS) is 14.4. The minimum Gasteiger partial charge on any atom is -0.619 e. The number of benzene rings is 2. The van der Waals surface area contributed by atoms with Gasteiger partial charge in [-0.3, -0.25) is 4.79 Å². The number of halogens is 2. The standard InChI is InChI=1S/C23H18Cl2N2O4/c24-16-11-27(29)12-17(25)21(16)26-23(28)15-9-10-19(30-13-5-1-2-6-13)22-20(15)14-7-3-4-8-18(14)31-22/h3-4,7-13H,1-2,5-6H2,(H,26,28). The van der Waals surface area contributed by atoms with Crippen LogP contribution in [0.5, 0.6) is 5.75 Å². The fourth-order valence-corrected chi connectivity index (χ4v) is 4.62. The summed E-state index contributed by atoms with van der Waals surface area (Å²) in [5.41, 5.74) is 1.76. The van der Waals surface area contributed by atoms with Gasteiger partial charge in [-0.25, -0.2) is 0 Å². The highest BCUT2D eigenvalue weighted by Gasteiger charge is 2.24. The van der Waals surface area contributed by atoms with Gasteiger partial charge in [-0.05, 0) is 43.9 Å². The van der Waals surface area contributed by atoms with Gasteiger partial charge in [0.1, 0.15) is 15.6 Å². The number of pyridine rings is 1. The molecule has 8 heteroatoms. The van der Waals surface area contributed by atoms with Gasteiger partial charge >= 0.3 is 0 Å². The molecule has 0 saturated heterocycles. The van der Waals surface area contributed by atoms with Crippen LogP contribution >= 0.6 is 23.2 Å². The molecule has 0 atom stereocenters. The van der Waals surface area contributed by atoms with Gasteiger partial charge in [0, 0.05) is 10.8 Å². The average molecular weight is 457 g/mol. The summed E-state index contributed by atoms with van der Waals surface area (Å²) in [5, 5.41) is 15.8. The highest BCUT2D eigenvalue weighted by molar-refractivity contribution is 6.39. The number of nitrogens with zero attached hydrogens (tertiary/aromatic N) is 1. The van der Waals surface area contributed by atoms with Gasteiger partial charge < -0.3 is 19.7 Å². The van der Waals surface area contributed by atoms with Crippen molar-refractivity contribution in [3.63, 3.8) is 0 Å². The van der Waals surface area contributed by atoms with Crippen molar-refractivity contribution in [3.8, 4) is 5.75 Å². The average Bonchev–Trinajstić information content (AvgIpc) is 3.38. The summed E-state index contributed by atoms with van der Waals surface area (Å²) in [6, 6.07) is 11.0. The Balaban J connectivity index is 1.61. The zero-order chi connectivity index (χ0) is 21.5. The molecule has 0 aliphatic heterocycles. The number of aromatic nitrogens is 1. The molecule has 5 rings (SSSR count). The van der Waals surface area contributed by atoms with Crippen LogP contribution in [0.25, 0.3) is 21.9 Å². The van der Waals surface area contributed by atoms with Crippen LogP contribution in [-0.4, -0.2) is 12.0 Å². The summed E-state index contributed by atoms with van der Waals surface area (Å²) in [4.78, 5) is 13.2. The van der Waals surface area contributed by atoms with Crippen LogP contribution in [0.3, 0.4) is 0 Å². The minimum absolute atomic E-state index is 0.0466. The van der Waals surface area contributed by atoms with Gasteiger partial charge in [0.15, 0.2) is 11.3 Å². The quantitative estimate of drug-likeness (QED) is 0.297. The SMILES string of the molecule is O=C(Nc1c(Cl)c[n+]([O-])cc1Cl)c1ccc(OC2CCCC2)c2oc3ccccc3c12. The van der Waals surface area contributed by atoms with Crippen molar-refractivity contribution >= 4 is 56.7 Å². The molecule has 6 nitrogen and oxygen atoms in total. The molecule has 2 heterocycles. The summed E-state index contributed by atoms with van der Waals surface area (Å²) in [6.45, 7) is 0. The van der Waals surface area contributed by atoms with Crippen LogP contribution in [0.1, 0.15) is 36.0 Å². The smallest absolute Gasteiger partial charge is 0.256 e. The second kappa shape index (κ2) is 7.94. The largest absolute Gasteiger partial charge is 0.619 e. The Bertz CT molecular complexity index is 1290. The van der Waals surface area contributed by atoms with Gasteiger partial charge in [-0.1, -0.05) is 41.4 Å². The predicted molar refractivity (Wildman–Crippen MR) is 120 cm³/mol. The summed E-state index contributed by atoms with van der Waals surface area (Å²) < 4.78 is 12.8. The predicted octanol–water partition coefficient (Wildman–Crippen LogP) is 6.10. The first-order chi connectivity index (χ1) is 15.0. The number of anilines is 1. The highest BCUT2D eigenvalue weighted by atomic mass is 35.5. The maximum absolute atomic E-state index is 13.2. The van der Waals surface area contributed by atoms with Crippen LogP contribution in [0.2, 0.25) is 10.0 Å². The third-order valence-corrected chi connectivity index (χ3v) is 6.10. The van der Waals surface area contributed by atoms with Crippen LogP contribution in [0.15, 0.2) is 53.2 Å². The van der Waals surface area contributed by atoms with E-state index in [2.05, 4.69) is 5.32 Å². The number of amides is 1. The number of hydrogen-bond donors (Lipinski definition) is 1. The summed E-state index contributed by atoms with van der Waals surface area (Å²) in [6.07, 6.45) is 6.72. The molecule has 1 aliphatic carbocycles. The zero-order valence-electron chi connectivity index (χ0n) is 16.4. The molecule has 0 unspecified atom stereocenters. The van der Waals surface area contributed by atoms with E-state index in [0.29, 0.717) is 32.6 Å². The van der Waals surface area contributed by atoms with E-state index in [4.69, 9.17) is 32.4 Å². The molecular formula is C23H18Cl2N2O4. The molecule has 1 N–H and O–H groups in total. The molecular weight excluding hydrogens is 439 g/mol. The van der Waals surface area contributed by atoms with Gasteiger partial charge in [0.25, 0.3) is 5.91 Å². The Morgan fingerprint density at radius 2 is 1.81 bits per heavy atom. The lowest BCUT2D eigenvalue weighted by Gasteiger charge is -2.14. The molecule has 0 bridgehead atoms. The number of carbonyl (C=O) groups excluding carboxylic acids is 1. The third kappa shape index (κ3) is 3.66. The lowest BCUT2D eigenvalue weighted by atomic mass is 10.0. The lowest BCUT2D eigenvalue weighted by molar-refractivity contribution is -0.605. The number of para-hydroxylation sites is 1. The second-order valence-electron chi connectivity index (χ2n) is 7.58. The molecule has 0 radical (unpaired) electrons. The molecule has 1 saturated carbocycles. The van der Waals surface area contributed by atoms with Gasteiger partial charge in [0.05, 0.1) is 17.4 Å². The van der Waals surface area contributed by atoms with Gasteiger partial charge in [0.2, 0.25) is 12.4 Å². The first-order valence-corrected chi connectivity index (χ1v) is 10.8. The molecule has 0 spiro atoms. The van der Waals surface area contributed by atoms with Crippen molar-refractivity contribution in [1.82, 2.24) is 0 Å². The fourth-order valence-electron chi connectivity index (χ4n) is 4.08. The van der Waals surface area contributed by atoms with E-state index in [9.17, 15) is 10.0 Å². The van der Waals surface area contributed by atoms with Crippen molar-refractivity contribution in [2.45, 2.75) is 31.8 Å². The van der Waals surface area contributed by atoms with E-state index in [-0.39, 0.29) is 21.8 Å². The number of nitrogens with one attached hydrogen (secondary N) is 1. The fraction of sp³-hybridized carbons (Fsp3) is 0.217. The maximum atomic E-state index is 13.2. The Kier molecular flexibility index (Phi) is 5.12. The number of rotatable bonds is 4. The molecule has 1 aliphatic rings. The molecule has 2 aromatic heterocycles. The Morgan fingerprint density at radius 1 is 1.10 bits per heavy atom. The number of carbonyl (C=O) groups is 1. The van der Waals surface area contributed by atoms with Gasteiger partial charge in [-0.2, -0.15) is 4.73 Å². The van der Waals surface area contributed by atoms with Crippen molar-refractivity contribution in [1.29, 1.82) is 0 Å². The van der Waals surface area contributed by atoms with Crippen molar-refractivity contribution in [2.24, 2.45) is 0 Å². The maximum Gasteiger partial charge on any atom is 0.256 e. The van der Waals surface area contributed by atoms with E-state index in [1.165, 1.54) is 0 Å². The van der Waals surface area contributed by atoms with E-state index < -0.39 is 5.91 Å². The Morgan fingerprint density at radius 3 is 2.55 bits per heavy atom. The van der Waals surface area contributed by atoms with E-state index >= 15 is 0 Å². The highest BCUT2D eigenvalue weighted by Crippen LogP contribution is 2.39. The van der Waals surface area contributed by atoms with Crippen LogP contribution in [0, 0.1) is 5.21 Å². The first kappa shape index (κ1) is 20.0. The van der Waals surface area contributed by atoms with Gasteiger partial charge in [-0.15, -0.1) is 0 Å². The number of fused-ring (bicyclic) bond motifs is 3. The number of furan rings is 1. The zero-order valence-corrected chi connectivity index (χ0v) is 17.9. The minimum atomic E-state index is -0.420. The number of hydrogen-bond acceptors (Lipinski definition) is 4. The number of ether oxygens (including phenoxy) is 1. The van der Waals surface area contributed by atoms with Crippen molar-refractivity contribution in [3.05, 3.63) is 69.6 Å². The molecule has 1 fully saturated rings.